The summed E-state index contributed by atoms with van der Waals surface area (Å²) in [4.78, 5) is 3.96. The Bertz CT molecular complexity index is 374. The van der Waals surface area contributed by atoms with E-state index in [9.17, 15) is 0 Å². The van der Waals surface area contributed by atoms with Gasteiger partial charge in [-0.25, -0.2) is 4.98 Å². The molecule has 0 aromatic carbocycles. The molecule has 0 saturated heterocycles. The molecule has 2 N–H and O–H groups in total. The van der Waals surface area contributed by atoms with E-state index < -0.39 is 0 Å². The van der Waals surface area contributed by atoms with Crippen molar-refractivity contribution in [1.29, 1.82) is 5.26 Å². The molecule has 1 heterocycles. The lowest BCUT2D eigenvalue weighted by atomic mass is 10.2. The molecule has 1 rings (SSSR count). The predicted octanol–water partition coefficient (Wildman–Crippen LogP) is 1.71. The summed E-state index contributed by atoms with van der Waals surface area (Å²) in [6, 6.07) is 3.51. The van der Waals surface area contributed by atoms with Crippen molar-refractivity contribution in [2.24, 2.45) is 0 Å². The van der Waals surface area contributed by atoms with E-state index in [1.165, 1.54) is 6.20 Å². The van der Waals surface area contributed by atoms with Crippen LogP contribution < -0.4 is 10.5 Å². The van der Waals surface area contributed by atoms with E-state index in [4.69, 9.17) is 15.7 Å². The lowest BCUT2D eigenvalue weighted by Gasteiger charge is -2.21. The quantitative estimate of drug-likeness (QED) is 0.733. The number of nitrogen functional groups attached to an aromatic ring is 1. The molecule has 4 nitrogen and oxygen atoms in total. The Labute approximate surface area is 83.3 Å². The van der Waals surface area contributed by atoms with E-state index in [-0.39, 0.29) is 5.60 Å². The van der Waals surface area contributed by atoms with Crippen molar-refractivity contribution in [3.8, 4) is 11.9 Å². The molecule has 0 fully saturated rings. The summed E-state index contributed by atoms with van der Waals surface area (Å²) in [5, 5.41) is 8.60. The molecule has 0 aliphatic carbocycles. The molecule has 0 aliphatic heterocycles. The van der Waals surface area contributed by atoms with Gasteiger partial charge < -0.3 is 10.5 Å². The number of anilines is 1. The summed E-state index contributed by atoms with van der Waals surface area (Å²) in [6.07, 6.45) is 1.44. The van der Waals surface area contributed by atoms with Crippen molar-refractivity contribution in [3.05, 3.63) is 17.8 Å². The van der Waals surface area contributed by atoms with Crippen LogP contribution in [0, 0.1) is 11.3 Å². The first-order valence-corrected chi connectivity index (χ1v) is 4.27. The van der Waals surface area contributed by atoms with Crippen molar-refractivity contribution in [2.75, 3.05) is 5.73 Å². The summed E-state index contributed by atoms with van der Waals surface area (Å²) in [5.74, 6) is 0.372. The van der Waals surface area contributed by atoms with Gasteiger partial charge in [-0.3, -0.25) is 0 Å². The number of nitriles is 1. The highest BCUT2D eigenvalue weighted by atomic mass is 16.5. The number of nitrogens with zero attached hydrogens (tertiary/aromatic N) is 2. The SMILES string of the molecule is CC(C)(C)Oc1ncc(C#N)cc1N. The molecular weight excluding hydrogens is 178 g/mol. The maximum Gasteiger partial charge on any atom is 0.237 e. The van der Waals surface area contributed by atoms with Gasteiger partial charge in [0, 0.05) is 6.20 Å². The molecule has 0 saturated carbocycles. The summed E-state index contributed by atoms with van der Waals surface area (Å²) in [6.45, 7) is 5.73. The standard InChI is InChI=1S/C10H13N3O/c1-10(2,3)14-9-8(12)4-7(5-11)6-13-9/h4,6H,12H2,1-3H3. The minimum atomic E-state index is -0.338. The number of hydrogen-bond acceptors (Lipinski definition) is 4. The van der Waals surface area contributed by atoms with Crippen molar-refractivity contribution >= 4 is 5.69 Å². The van der Waals surface area contributed by atoms with Crippen LogP contribution in [-0.2, 0) is 0 Å². The van der Waals surface area contributed by atoms with Crippen molar-refractivity contribution in [3.63, 3.8) is 0 Å². The van der Waals surface area contributed by atoms with Crippen LogP contribution in [0.5, 0.6) is 5.88 Å². The number of aromatic nitrogens is 1. The molecule has 0 spiro atoms. The van der Waals surface area contributed by atoms with Gasteiger partial charge in [0.05, 0.1) is 11.3 Å². The first-order chi connectivity index (χ1) is 6.42. The van der Waals surface area contributed by atoms with Crippen LogP contribution in [0.25, 0.3) is 0 Å². The van der Waals surface area contributed by atoms with Gasteiger partial charge in [-0.15, -0.1) is 0 Å². The van der Waals surface area contributed by atoms with Gasteiger partial charge in [0.2, 0.25) is 5.88 Å². The van der Waals surface area contributed by atoms with E-state index in [0.717, 1.165) is 0 Å². The summed E-state index contributed by atoms with van der Waals surface area (Å²) in [5.41, 5.74) is 6.15. The Kier molecular flexibility index (Phi) is 2.61. The second-order valence-corrected chi connectivity index (χ2v) is 3.94. The lowest BCUT2D eigenvalue weighted by molar-refractivity contribution is 0.125. The molecule has 0 aliphatic rings. The Morgan fingerprint density at radius 2 is 2.14 bits per heavy atom. The average Bonchev–Trinajstić information content (AvgIpc) is 2.06. The fraction of sp³-hybridized carbons (Fsp3) is 0.400. The topological polar surface area (TPSA) is 71.9 Å². The zero-order valence-electron chi connectivity index (χ0n) is 8.53. The monoisotopic (exact) mass is 191 g/mol. The number of ether oxygens (including phenoxy) is 1. The molecular formula is C10H13N3O. The van der Waals surface area contributed by atoms with Gasteiger partial charge in [-0.05, 0) is 26.8 Å². The van der Waals surface area contributed by atoms with Gasteiger partial charge >= 0.3 is 0 Å². The number of pyridine rings is 1. The van der Waals surface area contributed by atoms with E-state index in [1.807, 2.05) is 26.8 Å². The first kappa shape index (κ1) is 10.3. The van der Waals surface area contributed by atoms with Crippen molar-refractivity contribution < 1.29 is 4.74 Å². The van der Waals surface area contributed by atoms with Gasteiger partial charge in [-0.1, -0.05) is 0 Å². The highest BCUT2D eigenvalue weighted by Crippen LogP contribution is 2.22. The van der Waals surface area contributed by atoms with Crippen LogP contribution in [0.2, 0.25) is 0 Å². The minimum absolute atomic E-state index is 0.338. The van der Waals surface area contributed by atoms with E-state index in [2.05, 4.69) is 4.98 Å². The third-order valence-electron chi connectivity index (χ3n) is 1.41. The van der Waals surface area contributed by atoms with Gasteiger partial charge in [0.15, 0.2) is 0 Å². The normalized spacial score (nSPS) is 10.7. The Morgan fingerprint density at radius 1 is 1.50 bits per heavy atom. The first-order valence-electron chi connectivity index (χ1n) is 4.27. The van der Waals surface area contributed by atoms with Crippen LogP contribution in [0.1, 0.15) is 26.3 Å². The number of hydrogen-bond donors (Lipinski definition) is 1. The van der Waals surface area contributed by atoms with E-state index in [0.29, 0.717) is 17.1 Å². The van der Waals surface area contributed by atoms with E-state index >= 15 is 0 Å². The molecule has 74 valence electrons. The predicted molar refractivity (Wildman–Crippen MR) is 53.7 cm³/mol. The molecule has 0 atom stereocenters. The summed E-state index contributed by atoms with van der Waals surface area (Å²) >= 11 is 0. The fourth-order valence-electron chi connectivity index (χ4n) is 0.906. The minimum Gasteiger partial charge on any atom is -0.470 e. The van der Waals surface area contributed by atoms with Gasteiger partial charge in [-0.2, -0.15) is 5.26 Å². The number of nitrogens with two attached hydrogens (primary N) is 1. The summed E-state index contributed by atoms with van der Waals surface area (Å²) < 4.78 is 5.49. The number of rotatable bonds is 1. The third kappa shape index (κ3) is 2.63. The average molecular weight is 191 g/mol. The largest absolute Gasteiger partial charge is 0.470 e. The molecule has 0 unspecified atom stereocenters. The highest BCUT2D eigenvalue weighted by molar-refractivity contribution is 5.52. The molecule has 4 heteroatoms. The second-order valence-electron chi connectivity index (χ2n) is 3.94. The molecule has 0 bridgehead atoms. The summed E-state index contributed by atoms with van der Waals surface area (Å²) in [7, 11) is 0. The van der Waals surface area contributed by atoms with Crippen molar-refractivity contribution in [1.82, 2.24) is 4.98 Å². The van der Waals surface area contributed by atoms with Crippen molar-refractivity contribution in [2.45, 2.75) is 26.4 Å². The van der Waals surface area contributed by atoms with Gasteiger partial charge in [0.1, 0.15) is 11.7 Å². The van der Waals surface area contributed by atoms with Crippen LogP contribution >= 0.6 is 0 Å². The van der Waals surface area contributed by atoms with Crippen LogP contribution in [-0.4, -0.2) is 10.6 Å². The van der Waals surface area contributed by atoms with Crippen LogP contribution in [0.3, 0.4) is 0 Å². The maximum absolute atomic E-state index is 8.60. The zero-order valence-corrected chi connectivity index (χ0v) is 8.53. The van der Waals surface area contributed by atoms with Gasteiger partial charge in [0.25, 0.3) is 0 Å². The second kappa shape index (κ2) is 3.54. The maximum atomic E-state index is 8.60. The molecule has 0 amide bonds. The highest BCUT2D eigenvalue weighted by Gasteiger charge is 2.14. The lowest BCUT2D eigenvalue weighted by Crippen LogP contribution is -2.24. The Morgan fingerprint density at radius 3 is 2.57 bits per heavy atom. The molecule has 0 radical (unpaired) electrons. The smallest absolute Gasteiger partial charge is 0.237 e. The fourth-order valence-corrected chi connectivity index (χ4v) is 0.906. The van der Waals surface area contributed by atoms with E-state index in [1.54, 1.807) is 6.07 Å². The van der Waals surface area contributed by atoms with Crippen LogP contribution in [0.15, 0.2) is 12.3 Å². The zero-order chi connectivity index (χ0) is 10.8. The third-order valence-corrected chi connectivity index (χ3v) is 1.41. The Balaban J connectivity index is 2.97. The molecule has 14 heavy (non-hydrogen) atoms. The molecule has 1 aromatic rings. The molecule has 1 aromatic heterocycles. The van der Waals surface area contributed by atoms with Crippen LogP contribution in [0.4, 0.5) is 5.69 Å². The Hall–Kier alpha value is -1.76.